The van der Waals surface area contributed by atoms with Crippen LogP contribution in [0.25, 0.3) is 0 Å². The lowest BCUT2D eigenvalue weighted by atomic mass is 10.1. The Morgan fingerprint density at radius 2 is 1.88 bits per heavy atom. The molecule has 0 saturated carbocycles. The molecule has 0 amide bonds. The molecule has 1 N–H and O–H groups in total. The van der Waals surface area contributed by atoms with E-state index in [1.807, 2.05) is 19.2 Å². The maximum Gasteiger partial charge on any atom is 0.194 e. The molecule has 1 saturated heterocycles. The van der Waals surface area contributed by atoms with Crippen molar-refractivity contribution < 1.29 is 4.42 Å². The first-order valence-electron chi connectivity index (χ1n) is 8.48. The first kappa shape index (κ1) is 19.6. The van der Waals surface area contributed by atoms with Gasteiger partial charge < -0.3 is 19.5 Å². The summed E-state index contributed by atoms with van der Waals surface area (Å²) in [6, 6.07) is 10.4. The number of halogens is 1. The molecule has 0 aliphatic carbocycles. The second kappa shape index (κ2) is 9.12. The third kappa shape index (κ3) is 4.68. The predicted octanol–water partition coefficient (Wildman–Crippen LogP) is 3.41. The molecule has 0 spiro atoms. The number of nitrogens with zero attached hydrogens (tertiary/aromatic N) is 3. The highest BCUT2D eigenvalue weighted by molar-refractivity contribution is 14.0. The molecule has 0 bridgehead atoms. The van der Waals surface area contributed by atoms with Gasteiger partial charge in [0.2, 0.25) is 0 Å². The molecule has 0 unspecified atom stereocenters. The van der Waals surface area contributed by atoms with E-state index < -0.39 is 0 Å². The van der Waals surface area contributed by atoms with Crippen LogP contribution >= 0.6 is 24.0 Å². The van der Waals surface area contributed by atoms with Gasteiger partial charge in [0.05, 0.1) is 12.8 Å². The lowest BCUT2D eigenvalue weighted by molar-refractivity contribution is 0.369. The van der Waals surface area contributed by atoms with Crippen LogP contribution in [-0.2, 0) is 6.54 Å². The Kier molecular flexibility index (Phi) is 7.16. The average Bonchev–Trinajstić information content (AvgIpc) is 3.12. The summed E-state index contributed by atoms with van der Waals surface area (Å²) in [4.78, 5) is 9.19. The summed E-state index contributed by atoms with van der Waals surface area (Å²) in [5.41, 5.74) is 4.09. The minimum Gasteiger partial charge on any atom is -0.467 e. The monoisotopic (exact) mass is 454 g/mol. The highest BCUT2D eigenvalue weighted by Crippen LogP contribution is 2.23. The van der Waals surface area contributed by atoms with Crippen LogP contribution in [0.4, 0.5) is 5.69 Å². The van der Waals surface area contributed by atoms with Crippen LogP contribution in [0.1, 0.15) is 16.9 Å². The minimum atomic E-state index is 0. The topological polar surface area (TPSA) is 44.0 Å². The van der Waals surface area contributed by atoms with Crippen LogP contribution in [0.15, 0.2) is 46.0 Å². The van der Waals surface area contributed by atoms with Gasteiger partial charge in [0, 0.05) is 38.9 Å². The molecule has 25 heavy (non-hydrogen) atoms. The highest BCUT2D eigenvalue weighted by Gasteiger charge is 2.21. The van der Waals surface area contributed by atoms with Crippen LogP contribution in [-0.4, -0.2) is 44.1 Å². The second-order valence-corrected chi connectivity index (χ2v) is 6.17. The summed E-state index contributed by atoms with van der Waals surface area (Å²) in [6.45, 7) is 8.99. The zero-order chi connectivity index (χ0) is 16.9. The van der Waals surface area contributed by atoms with Gasteiger partial charge in [0.25, 0.3) is 0 Å². The van der Waals surface area contributed by atoms with Gasteiger partial charge in [0.1, 0.15) is 5.76 Å². The largest absolute Gasteiger partial charge is 0.467 e. The van der Waals surface area contributed by atoms with Crippen molar-refractivity contribution in [3.05, 3.63) is 53.5 Å². The smallest absolute Gasteiger partial charge is 0.194 e. The molecular weight excluding hydrogens is 427 g/mol. The van der Waals surface area contributed by atoms with Gasteiger partial charge in [-0.05, 0) is 43.2 Å². The zero-order valence-electron chi connectivity index (χ0n) is 15.2. The van der Waals surface area contributed by atoms with E-state index >= 15 is 0 Å². The van der Waals surface area contributed by atoms with Gasteiger partial charge in [-0.25, -0.2) is 0 Å². The van der Waals surface area contributed by atoms with E-state index in [9.17, 15) is 0 Å². The van der Waals surface area contributed by atoms with Crippen LogP contribution in [0, 0.1) is 13.8 Å². The highest BCUT2D eigenvalue weighted by atomic mass is 127. The molecule has 3 rings (SSSR count). The van der Waals surface area contributed by atoms with Crippen molar-refractivity contribution >= 4 is 35.6 Å². The molecule has 1 fully saturated rings. The summed E-state index contributed by atoms with van der Waals surface area (Å²) >= 11 is 0. The Morgan fingerprint density at radius 1 is 1.12 bits per heavy atom. The maximum atomic E-state index is 5.37. The predicted molar refractivity (Wildman–Crippen MR) is 114 cm³/mol. The van der Waals surface area contributed by atoms with E-state index in [1.54, 1.807) is 6.26 Å². The summed E-state index contributed by atoms with van der Waals surface area (Å²) in [5, 5.41) is 3.38. The normalized spacial score (nSPS) is 15.1. The van der Waals surface area contributed by atoms with E-state index in [4.69, 9.17) is 4.42 Å². The molecule has 2 heterocycles. The number of nitrogens with one attached hydrogen (secondary N) is 1. The Bertz CT molecular complexity index is 691. The number of aliphatic imine (C=N–C) groups is 1. The number of piperazine rings is 1. The number of anilines is 1. The van der Waals surface area contributed by atoms with E-state index in [2.05, 4.69) is 52.2 Å². The van der Waals surface area contributed by atoms with Crippen molar-refractivity contribution in [3.63, 3.8) is 0 Å². The van der Waals surface area contributed by atoms with Crippen LogP contribution in [0.2, 0.25) is 0 Å². The molecule has 2 aromatic rings. The number of hydrogen-bond donors (Lipinski definition) is 1. The number of benzene rings is 1. The average molecular weight is 454 g/mol. The van der Waals surface area contributed by atoms with Gasteiger partial charge >= 0.3 is 0 Å². The summed E-state index contributed by atoms with van der Waals surface area (Å²) in [6.07, 6.45) is 1.70. The van der Waals surface area contributed by atoms with Gasteiger partial charge in [0.15, 0.2) is 5.96 Å². The first-order valence-corrected chi connectivity index (χ1v) is 8.48. The third-order valence-electron chi connectivity index (χ3n) is 4.71. The molecule has 1 aromatic carbocycles. The van der Waals surface area contributed by atoms with Crippen molar-refractivity contribution in [2.75, 3.05) is 38.1 Å². The summed E-state index contributed by atoms with van der Waals surface area (Å²) < 4.78 is 5.37. The molecule has 136 valence electrons. The van der Waals surface area contributed by atoms with Crippen LogP contribution < -0.4 is 10.2 Å². The van der Waals surface area contributed by atoms with Gasteiger partial charge in [-0.3, -0.25) is 4.99 Å². The van der Waals surface area contributed by atoms with E-state index in [1.165, 1.54) is 16.8 Å². The van der Waals surface area contributed by atoms with E-state index in [0.717, 1.165) is 37.9 Å². The Balaban J connectivity index is 0.00000225. The summed E-state index contributed by atoms with van der Waals surface area (Å²) in [7, 11) is 1.83. The lowest BCUT2D eigenvalue weighted by Crippen LogP contribution is -2.52. The van der Waals surface area contributed by atoms with Crippen molar-refractivity contribution in [2.24, 2.45) is 4.99 Å². The molecule has 1 aliphatic rings. The second-order valence-electron chi connectivity index (χ2n) is 6.17. The first-order chi connectivity index (χ1) is 11.7. The number of rotatable bonds is 3. The van der Waals surface area contributed by atoms with Crippen molar-refractivity contribution in [2.45, 2.75) is 20.4 Å². The van der Waals surface area contributed by atoms with Crippen LogP contribution in [0.5, 0.6) is 0 Å². The summed E-state index contributed by atoms with van der Waals surface area (Å²) in [5.74, 6) is 1.86. The van der Waals surface area contributed by atoms with Crippen molar-refractivity contribution in [1.29, 1.82) is 0 Å². The third-order valence-corrected chi connectivity index (χ3v) is 4.71. The number of hydrogen-bond acceptors (Lipinski definition) is 3. The lowest BCUT2D eigenvalue weighted by Gasteiger charge is -2.38. The van der Waals surface area contributed by atoms with Gasteiger partial charge in [-0.15, -0.1) is 24.0 Å². The molecule has 5 nitrogen and oxygen atoms in total. The fourth-order valence-corrected chi connectivity index (χ4v) is 3.15. The van der Waals surface area contributed by atoms with Gasteiger partial charge in [-0.1, -0.05) is 12.1 Å². The number of aryl methyl sites for hydroxylation is 1. The molecule has 6 heteroatoms. The van der Waals surface area contributed by atoms with Crippen molar-refractivity contribution in [1.82, 2.24) is 10.2 Å². The molecular formula is C19H27IN4O. The Labute approximate surface area is 167 Å². The quantitative estimate of drug-likeness (QED) is 0.439. The molecule has 0 radical (unpaired) electrons. The standard InChI is InChI=1S/C19H26N4O.HI/c1-15-6-4-8-18(16(15)2)22-9-11-23(12-10-22)19(20-3)21-14-17-7-5-13-24-17;/h4-8,13H,9-12,14H2,1-3H3,(H,20,21);1H. The molecule has 1 aromatic heterocycles. The fraction of sp³-hybridized carbons (Fsp3) is 0.421. The van der Waals surface area contributed by atoms with Gasteiger partial charge in [-0.2, -0.15) is 0 Å². The Morgan fingerprint density at radius 3 is 2.52 bits per heavy atom. The zero-order valence-corrected chi connectivity index (χ0v) is 17.5. The van der Waals surface area contributed by atoms with Crippen molar-refractivity contribution in [3.8, 4) is 0 Å². The number of furan rings is 1. The molecule has 0 atom stereocenters. The Hall–Kier alpha value is -1.70. The molecule has 1 aliphatic heterocycles. The van der Waals surface area contributed by atoms with E-state index in [-0.39, 0.29) is 24.0 Å². The van der Waals surface area contributed by atoms with Crippen LogP contribution in [0.3, 0.4) is 0 Å². The fourth-order valence-electron chi connectivity index (χ4n) is 3.15. The number of guanidine groups is 1. The maximum absolute atomic E-state index is 5.37. The SMILES string of the molecule is CN=C(NCc1ccco1)N1CCN(c2cccc(C)c2C)CC1.I. The van der Waals surface area contributed by atoms with E-state index in [0.29, 0.717) is 6.54 Å². The minimum absolute atomic E-state index is 0.